The third-order valence-electron chi connectivity index (χ3n) is 5.48. The topological polar surface area (TPSA) is 65.6 Å². The lowest BCUT2D eigenvalue weighted by molar-refractivity contribution is 0.102. The Kier molecular flexibility index (Phi) is 6.12. The molecule has 2 heterocycles. The van der Waals surface area contributed by atoms with E-state index in [2.05, 4.69) is 26.9 Å². The fourth-order valence-corrected chi connectivity index (χ4v) is 3.85. The summed E-state index contributed by atoms with van der Waals surface area (Å²) < 4.78 is 5.58. The molecule has 1 saturated heterocycles. The third-order valence-corrected chi connectivity index (χ3v) is 5.48. The summed E-state index contributed by atoms with van der Waals surface area (Å²) in [6, 6.07) is 13.7. The minimum atomic E-state index is -0.118. The zero-order valence-electron chi connectivity index (χ0n) is 16.8. The Balaban J connectivity index is 1.45. The van der Waals surface area contributed by atoms with Crippen LogP contribution in [0.15, 0.2) is 48.5 Å². The van der Waals surface area contributed by atoms with E-state index in [1.807, 2.05) is 42.5 Å². The van der Waals surface area contributed by atoms with Crippen molar-refractivity contribution in [2.24, 2.45) is 0 Å². The zero-order valence-corrected chi connectivity index (χ0v) is 16.8. The lowest BCUT2D eigenvalue weighted by atomic mass is 9.99. The van der Waals surface area contributed by atoms with E-state index < -0.39 is 0 Å². The van der Waals surface area contributed by atoms with Crippen LogP contribution >= 0.6 is 0 Å². The number of rotatable bonds is 5. The van der Waals surface area contributed by atoms with Gasteiger partial charge in [0, 0.05) is 50.0 Å². The van der Waals surface area contributed by atoms with Crippen molar-refractivity contribution in [2.75, 3.05) is 56.6 Å². The second kappa shape index (κ2) is 9.11. The lowest BCUT2D eigenvalue weighted by Crippen LogP contribution is -2.43. The number of hydrogen-bond donors (Lipinski definition) is 3. The van der Waals surface area contributed by atoms with Gasteiger partial charge in [0.25, 0.3) is 5.91 Å². The van der Waals surface area contributed by atoms with Gasteiger partial charge in [0.15, 0.2) is 0 Å². The number of carbonyl (C=O) groups is 1. The van der Waals surface area contributed by atoms with Crippen molar-refractivity contribution in [3.05, 3.63) is 59.7 Å². The normalized spacial score (nSPS) is 16.9. The van der Waals surface area contributed by atoms with Crippen molar-refractivity contribution >= 4 is 22.9 Å². The van der Waals surface area contributed by atoms with Crippen LogP contribution in [-0.4, -0.2) is 52.3 Å². The fourth-order valence-electron chi connectivity index (χ4n) is 3.85. The van der Waals surface area contributed by atoms with Gasteiger partial charge in [-0.2, -0.15) is 0 Å². The fraction of sp³-hybridized carbons (Fsp3) is 0.348. The molecule has 0 atom stereocenters. The quantitative estimate of drug-likeness (QED) is 0.730. The Labute approximate surface area is 171 Å². The van der Waals surface area contributed by atoms with Crippen LogP contribution in [-0.2, 0) is 0 Å². The number of benzene rings is 2. The zero-order chi connectivity index (χ0) is 20.1. The van der Waals surface area contributed by atoms with E-state index in [1.165, 1.54) is 11.1 Å². The van der Waals surface area contributed by atoms with Crippen LogP contribution in [0.4, 0.5) is 11.4 Å². The van der Waals surface area contributed by atoms with Gasteiger partial charge in [-0.05, 0) is 48.4 Å². The van der Waals surface area contributed by atoms with E-state index in [-0.39, 0.29) is 5.91 Å². The van der Waals surface area contributed by atoms with E-state index in [9.17, 15) is 4.79 Å². The van der Waals surface area contributed by atoms with Crippen LogP contribution in [0.2, 0.25) is 0 Å². The largest absolute Gasteiger partial charge is 0.495 e. The van der Waals surface area contributed by atoms with Gasteiger partial charge in [-0.3, -0.25) is 4.79 Å². The van der Waals surface area contributed by atoms with Crippen LogP contribution in [0, 0.1) is 0 Å². The second-order valence-corrected chi connectivity index (χ2v) is 7.34. The summed E-state index contributed by atoms with van der Waals surface area (Å²) in [7, 11) is 1.67. The molecule has 3 N–H and O–H groups in total. The highest BCUT2D eigenvalue weighted by atomic mass is 16.5. The number of methoxy groups -OCH3 is 1. The van der Waals surface area contributed by atoms with E-state index in [4.69, 9.17) is 4.74 Å². The first-order chi connectivity index (χ1) is 14.2. The van der Waals surface area contributed by atoms with Crippen molar-refractivity contribution in [3.63, 3.8) is 0 Å². The number of anilines is 2. The van der Waals surface area contributed by atoms with E-state index in [0.29, 0.717) is 5.56 Å². The van der Waals surface area contributed by atoms with Crippen LogP contribution in [0.5, 0.6) is 5.75 Å². The maximum atomic E-state index is 12.7. The van der Waals surface area contributed by atoms with Crippen molar-refractivity contribution in [1.82, 2.24) is 10.6 Å². The van der Waals surface area contributed by atoms with Crippen molar-refractivity contribution in [3.8, 4) is 5.75 Å². The number of nitrogens with one attached hydrogen (secondary N) is 3. The predicted octanol–water partition coefficient (Wildman–Crippen LogP) is 2.73. The minimum absolute atomic E-state index is 0.118. The molecule has 1 amide bonds. The number of amides is 1. The van der Waals surface area contributed by atoms with Gasteiger partial charge in [-0.1, -0.05) is 18.2 Å². The Bertz CT molecular complexity index is 886. The molecule has 0 saturated carbocycles. The lowest BCUT2D eigenvalue weighted by Gasteiger charge is -2.30. The van der Waals surface area contributed by atoms with E-state index in [0.717, 1.165) is 62.8 Å². The molecule has 2 aromatic carbocycles. The smallest absolute Gasteiger partial charge is 0.255 e. The molecule has 0 bridgehead atoms. The molecule has 29 heavy (non-hydrogen) atoms. The molecule has 4 rings (SSSR count). The molecule has 0 aromatic heterocycles. The van der Waals surface area contributed by atoms with Crippen molar-refractivity contribution in [1.29, 1.82) is 0 Å². The molecule has 2 aromatic rings. The van der Waals surface area contributed by atoms with Gasteiger partial charge < -0.3 is 25.6 Å². The van der Waals surface area contributed by atoms with Gasteiger partial charge in [0.1, 0.15) is 5.75 Å². The highest BCUT2D eigenvalue weighted by Gasteiger charge is 2.16. The van der Waals surface area contributed by atoms with E-state index >= 15 is 0 Å². The summed E-state index contributed by atoms with van der Waals surface area (Å²) in [4.78, 5) is 15.0. The average Bonchev–Trinajstić information content (AvgIpc) is 2.80. The van der Waals surface area contributed by atoms with Crippen LogP contribution in [0.25, 0.3) is 5.57 Å². The van der Waals surface area contributed by atoms with Gasteiger partial charge in [0.05, 0.1) is 12.8 Å². The maximum Gasteiger partial charge on any atom is 0.255 e. The summed E-state index contributed by atoms with van der Waals surface area (Å²) in [6.07, 6.45) is 3.23. The first-order valence-electron chi connectivity index (χ1n) is 10.2. The molecule has 152 valence electrons. The Morgan fingerprint density at radius 2 is 1.83 bits per heavy atom. The molecule has 0 unspecified atom stereocenters. The van der Waals surface area contributed by atoms with Crippen LogP contribution < -0.4 is 25.6 Å². The highest BCUT2D eigenvalue weighted by molar-refractivity contribution is 6.04. The van der Waals surface area contributed by atoms with Crippen molar-refractivity contribution < 1.29 is 9.53 Å². The first-order valence-corrected chi connectivity index (χ1v) is 10.2. The Morgan fingerprint density at radius 3 is 2.52 bits per heavy atom. The monoisotopic (exact) mass is 392 g/mol. The minimum Gasteiger partial charge on any atom is -0.495 e. The van der Waals surface area contributed by atoms with Gasteiger partial charge in [-0.25, -0.2) is 0 Å². The van der Waals surface area contributed by atoms with Crippen LogP contribution in [0.3, 0.4) is 0 Å². The molecular weight excluding hydrogens is 364 g/mol. The molecule has 0 radical (unpaired) electrons. The van der Waals surface area contributed by atoms with Crippen molar-refractivity contribution in [2.45, 2.75) is 6.42 Å². The van der Waals surface area contributed by atoms with E-state index in [1.54, 1.807) is 7.11 Å². The van der Waals surface area contributed by atoms with Gasteiger partial charge in [0.2, 0.25) is 0 Å². The molecule has 0 spiro atoms. The number of nitrogens with zero attached hydrogens (tertiary/aromatic N) is 1. The average molecular weight is 393 g/mol. The Hall–Kier alpha value is -2.83. The molecule has 6 nitrogen and oxygen atoms in total. The summed E-state index contributed by atoms with van der Waals surface area (Å²) >= 11 is 0. The third kappa shape index (κ3) is 4.60. The number of piperazine rings is 1. The molecule has 2 aliphatic rings. The summed E-state index contributed by atoms with van der Waals surface area (Å²) in [6.45, 7) is 5.72. The number of carbonyl (C=O) groups excluding carboxylic acids is 1. The molecule has 0 aliphatic carbocycles. The highest BCUT2D eigenvalue weighted by Crippen LogP contribution is 2.31. The molecule has 1 fully saturated rings. The number of hydrogen-bond acceptors (Lipinski definition) is 5. The van der Waals surface area contributed by atoms with Crippen LogP contribution in [0.1, 0.15) is 22.3 Å². The second-order valence-electron chi connectivity index (χ2n) is 7.34. The maximum absolute atomic E-state index is 12.7. The van der Waals surface area contributed by atoms with Gasteiger partial charge in [-0.15, -0.1) is 0 Å². The van der Waals surface area contributed by atoms with Gasteiger partial charge >= 0.3 is 0 Å². The molecular formula is C23H28N4O2. The summed E-state index contributed by atoms with van der Waals surface area (Å²) in [5, 5.41) is 9.66. The number of ether oxygens (including phenoxy) is 1. The Morgan fingerprint density at radius 1 is 1.03 bits per heavy atom. The molecule has 2 aliphatic heterocycles. The summed E-state index contributed by atoms with van der Waals surface area (Å²) in [5.74, 6) is 0.658. The predicted molar refractivity (Wildman–Crippen MR) is 118 cm³/mol. The summed E-state index contributed by atoms with van der Waals surface area (Å²) in [5.41, 5.74) is 4.96. The first kappa shape index (κ1) is 19.5. The standard InChI is InChI=1S/C23H28N4O2/c1-29-22-16-20(6-7-21(22)27-14-12-25-13-15-27)26-23(28)19-4-2-17(3-5-19)18-8-10-24-11-9-18/h2-8,16,24-25H,9-15H2,1H3,(H,26,28). The molecule has 6 heteroatoms. The SMILES string of the molecule is COc1cc(NC(=O)c2ccc(C3=CCNCC3)cc2)ccc1N1CCNCC1.